The third-order valence-electron chi connectivity index (χ3n) is 3.14. The molecule has 0 amide bonds. The Balaban J connectivity index is 2.89. The van der Waals surface area contributed by atoms with Gasteiger partial charge in [-0.2, -0.15) is 0 Å². The number of aryl methyl sites for hydroxylation is 2. The summed E-state index contributed by atoms with van der Waals surface area (Å²) in [6, 6.07) is 1.54. The van der Waals surface area contributed by atoms with Gasteiger partial charge in [-0.3, -0.25) is 4.79 Å². The van der Waals surface area contributed by atoms with Gasteiger partial charge in [-0.05, 0) is 25.3 Å². The number of rotatable bonds is 6. The lowest BCUT2D eigenvalue weighted by Crippen LogP contribution is -2.27. The summed E-state index contributed by atoms with van der Waals surface area (Å²) >= 11 is 0. The molecular formula is C14H22N2O3. The van der Waals surface area contributed by atoms with E-state index in [9.17, 15) is 9.59 Å². The van der Waals surface area contributed by atoms with E-state index < -0.39 is 5.97 Å². The van der Waals surface area contributed by atoms with Gasteiger partial charge in [-0.25, -0.2) is 4.79 Å². The number of hydrogen-bond donors (Lipinski definition) is 1. The highest BCUT2D eigenvalue weighted by Gasteiger charge is 2.12. The Morgan fingerprint density at radius 1 is 1.47 bits per heavy atom. The maximum absolute atomic E-state index is 11.8. The van der Waals surface area contributed by atoms with Crippen molar-refractivity contribution in [2.24, 2.45) is 5.73 Å². The van der Waals surface area contributed by atoms with E-state index in [1.807, 2.05) is 0 Å². The maximum atomic E-state index is 11.8. The predicted molar refractivity (Wildman–Crippen MR) is 74.3 cm³/mol. The summed E-state index contributed by atoms with van der Waals surface area (Å²) in [6.45, 7) is 4.32. The molecule has 0 aliphatic carbocycles. The number of esters is 1. The molecule has 0 aliphatic heterocycles. The van der Waals surface area contributed by atoms with Crippen LogP contribution >= 0.6 is 0 Å². The number of carbonyl (C=O) groups excluding carboxylic acids is 1. The molecule has 0 saturated heterocycles. The van der Waals surface area contributed by atoms with Crippen LogP contribution in [0.3, 0.4) is 0 Å². The minimum Gasteiger partial charge on any atom is -0.465 e. The van der Waals surface area contributed by atoms with Gasteiger partial charge in [0.15, 0.2) is 0 Å². The van der Waals surface area contributed by atoms with Crippen molar-refractivity contribution in [2.75, 3.05) is 7.11 Å². The summed E-state index contributed by atoms with van der Waals surface area (Å²) in [5, 5.41) is 0. The number of ether oxygens (including phenoxy) is 1. The Hall–Kier alpha value is -1.62. The first-order valence-electron chi connectivity index (χ1n) is 6.54. The number of methoxy groups -OCH3 is 1. The minimum atomic E-state index is -0.427. The second-order valence-electron chi connectivity index (χ2n) is 4.73. The van der Waals surface area contributed by atoms with Gasteiger partial charge in [-0.15, -0.1) is 0 Å². The molecule has 1 aromatic heterocycles. The van der Waals surface area contributed by atoms with Crippen LogP contribution in [0, 0.1) is 6.92 Å². The van der Waals surface area contributed by atoms with E-state index in [-0.39, 0.29) is 11.6 Å². The van der Waals surface area contributed by atoms with Gasteiger partial charge in [0, 0.05) is 24.8 Å². The summed E-state index contributed by atoms with van der Waals surface area (Å²) in [5.41, 5.74) is 6.87. The van der Waals surface area contributed by atoms with E-state index >= 15 is 0 Å². The molecule has 0 bridgehead atoms. The van der Waals surface area contributed by atoms with Crippen LogP contribution in [0.1, 0.15) is 42.1 Å². The molecule has 1 unspecified atom stereocenters. The monoisotopic (exact) mass is 266 g/mol. The first-order chi connectivity index (χ1) is 8.99. The van der Waals surface area contributed by atoms with E-state index in [1.165, 1.54) is 17.7 Å². The largest absolute Gasteiger partial charge is 0.465 e. The second kappa shape index (κ2) is 7.09. The van der Waals surface area contributed by atoms with Gasteiger partial charge in [-0.1, -0.05) is 13.3 Å². The van der Waals surface area contributed by atoms with Gasteiger partial charge in [0.1, 0.15) is 0 Å². The van der Waals surface area contributed by atoms with Crippen LogP contribution in [0.15, 0.2) is 17.1 Å². The number of nitrogens with zero attached hydrogens (tertiary/aromatic N) is 1. The van der Waals surface area contributed by atoms with Gasteiger partial charge in [0.25, 0.3) is 5.56 Å². The SMILES string of the molecule is CCCC(N)CCn1cc(C(=O)OC)c(C)cc1=O. The first-order valence-corrected chi connectivity index (χ1v) is 6.54. The van der Waals surface area contributed by atoms with Crippen LogP contribution < -0.4 is 11.3 Å². The fraction of sp³-hybridized carbons (Fsp3) is 0.571. The Bertz CT molecular complexity index is 494. The normalized spacial score (nSPS) is 12.2. The minimum absolute atomic E-state index is 0.0831. The Morgan fingerprint density at radius 2 is 2.16 bits per heavy atom. The fourth-order valence-corrected chi connectivity index (χ4v) is 1.99. The molecule has 1 atom stereocenters. The van der Waals surface area contributed by atoms with Gasteiger partial charge in [0.2, 0.25) is 0 Å². The molecular weight excluding hydrogens is 244 g/mol. The molecule has 106 valence electrons. The quantitative estimate of drug-likeness (QED) is 0.791. The Kier molecular flexibility index (Phi) is 5.76. The first kappa shape index (κ1) is 15.4. The smallest absolute Gasteiger partial charge is 0.339 e. The lowest BCUT2D eigenvalue weighted by atomic mass is 10.1. The molecule has 19 heavy (non-hydrogen) atoms. The van der Waals surface area contributed by atoms with Crippen LogP contribution in [-0.4, -0.2) is 23.7 Å². The summed E-state index contributed by atoms with van der Waals surface area (Å²) in [6.07, 6.45) is 4.24. The summed E-state index contributed by atoms with van der Waals surface area (Å²) in [4.78, 5) is 23.4. The molecule has 2 N–H and O–H groups in total. The van der Waals surface area contributed by atoms with Crippen molar-refractivity contribution in [3.63, 3.8) is 0 Å². The van der Waals surface area contributed by atoms with Crippen LogP contribution in [0.25, 0.3) is 0 Å². The molecule has 0 aliphatic rings. The van der Waals surface area contributed by atoms with Crippen LogP contribution in [-0.2, 0) is 11.3 Å². The van der Waals surface area contributed by atoms with Crippen molar-refractivity contribution in [2.45, 2.75) is 45.7 Å². The summed E-state index contributed by atoms with van der Waals surface area (Å²) < 4.78 is 6.22. The molecule has 0 fully saturated rings. The summed E-state index contributed by atoms with van der Waals surface area (Å²) in [7, 11) is 1.33. The number of pyridine rings is 1. The summed E-state index contributed by atoms with van der Waals surface area (Å²) in [5.74, 6) is -0.427. The highest BCUT2D eigenvalue weighted by molar-refractivity contribution is 5.90. The average molecular weight is 266 g/mol. The Labute approximate surface area is 113 Å². The zero-order valence-electron chi connectivity index (χ0n) is 11.8. The topological polar surface area (TPSA) is 74.3 Å². The van der Waals surface area contributed by atoms with E-state index in [2.05, 4.69) is 6.92 Å². The second-order valence-corrected chi connectivity index (χ2v) is 4.73. The van der Waals surface area contributed by atoms with E-state index in [0.717, 1.165) is 19.3 Å². The molecule has 0 spiro atoms. The van der Waals surface area contributed by atoms with E-state index in [1.54, 1.807) is 13.1 Å². The molecule has 0 aromatic carbocycles. The zero-order chi connectivity index (χ0) is 14.4. The average Bonchev–Trinajstić information content (AvgIpc) is 2.37. The number of aromatic nitrogens is 1. The Morgan fingerprint density at radius 3 is 2.74 bits per heavy atom. The van der Waals surface area contributed by atoms with Crippen molar-refractivity contribution in [1.82, 2.24) is 4.57 Å². The highest BCUT2D eigenvalue weighted by atomic mass is 16.5. The van der Waals surface area contributed by atoms with Crippen molar-refractivity contribution >= 4 is 5.97 Å². The maximum Gasteiger partial charge on any atom is 0.339 e. The van der Waals surface area contributed by atoms with Crippen molar-refractivity contribution in [1.29, 1.82) is 0 Å². The molecule has 0 saturated carbocycles. The third-order valence-corrected chi connectivity index (χ3v) is 3.14. The molecule has 0 radical (unpaired) electrons. The number of nitrogens with two attached hydrogens (primary N) is 1. The molecule has 5 nitrogen and oxygen atoms in total. The van der Waals surface area contributed by atoms with E-state index in [0.29, 0.717) is 17.7 Å². The van der Waals surface area contributed by atoms with Crippen molar-refractivity contribution in [3.8, 4) is 0 Å². The number of hydrogen-bond acceptors (Lipinski definition) is 4. The lowest BCUT2D eigenvalue weighted by Gasteiger charge is -2.13. The molecule has 1 rings (SSSR count). The lowest BCUT2D eigenvalue weighted by molar-refractivity contribution is 0.0598. The molecule has 5 heteroatoms. The predicted octanol–water partition coefficient (Wildman–Crippen LogP) is 1.46. The van der Waals surface area contributed by atoms with E-state index in [4.69, 9.17) is 10.5 Å². The van der Waals surface area contributed by atoms with Gasteiger partial charge < -0.3 is 15.0 Å². The molecule has 1 aromatic rings. The van der Waals surface area contributed by atoms with Crippen LogP contribution in [0.5, 0.6) is 0 Å². The zero-order valence-corrected chi connectivity index (χ0v) is 11.8. The molecule has 1 heterocycles. The van der Waals surface area contributed by atoms with Crippen molar-refractivity contribution in [3.05, 3.63) is 33.7 Å². The third kappa shape index (κ3) is 4.21. The van der Waals surface area contributed by atoms with Gasteiger partial charge >= 0.3 is 5.97 Å². The highest BCUT2D eigenvalue weighted by Crippen LogP contribution is 2.07. The fourth-order valence-electron chi connectivity index (χ4n) is 1.99. The number of carbonyl (C=O) groups is 1. The van der Waals surface area contributed by atoms with Crippen molar-refractivity contribution < 1.29 is 9.53 Å². The standard InChI is InChI=1S/C14H22N2O3/c1-4-5-11(15)6-7-16-9-12(14(18)19-3)10(2)8-13(16)17/h8-9,11H,4-7,15H2,1-3H3. The van der Waals surface area contributed by atoms with Crippen LogP contribution in [0.4, 0.5) is 0 Å². The van der Waals surface area contributed by atoms with Crippen LogP contribution in [0.2, 0.25) is 0 Å². The van der Waals surface area contributed by atoms with Gasteiger partial charge in [0.05, 0.1) is 12.7 Å².